The zero-order valence-corrected chi connectivity index (χ0v) is 13.1. The van der Waals surface area contributed by atoms with Gasteiger partial charge >= 0.3 is 5.97 Å². The van der Waals surface area contributed by atoms with Gasteiger partial charge in [-0.3, -0.25) is 0 Å². The van der Waals surface area contributed by atoms with Crippen LogP contribution in [0.1, 0.15) is 21.5 Å². The fourth-order valence-electron chi connectivity index (χ4n) is 3.35. The lowest BCUT2D eigenvalue weighted by Gasteiger charge is -2.12. The Hall–Kier alpha value is -3.13. The van der Waals surface area contributed by atoms with E-state index in [9.17, 15) is 9.90 Å². The first-order chi connectivity index (χ1) is 11.7. The van der Waals surface area contributed by atoms with Gasteiger partial charge in [-0.2, -0.15) is 0 Å². The third kappa shape index (κ3) is 2.42. The van der Waals surface area contributed by atoms with Gasteiger partial charge in [-0.1, -0.05) is 78.9 Å². The number of hydrogen-bond donors (Lipinski definition) is 1. The summed E-state index contributed by atoms with van der Waals surface area (Å²) in [4.78, 5) is 12.0. The minimum atomic E-state index is -0.873. The third-order valence-corrected chi connectivity index (χ3v) is 4.46. The van der Waals surface area contributed by atoms with Crippen LogP contribution in [-0.4, -0.2) is 11.1 Å². The minimum absolute atomic E-state index is 0.405. The van der Waals surface area contributed by atoms with Crippen LogP contribution in [-0.2, 0) is 6.42 Å². The lowest BCUT2D eigenvalue weighted by atomic mass is 9.92. The first-order valence-corrected chi connectivity index (χ1v) is 7.94. The number of carboxylic acids is 1. The molecule has 0 heterocycles. The SMILES string of the molecule is O=C(O)c1c(Cc2ccccc2)ccc2c1ccc1ccccc12. The highest BCUT2D eigenvalue weighted by Gasteiger charge is 2.16. The lowest BCUT2D eigenvalue weighted by Crippen LogP contribution is -2.04. The first kappa shape index (κ1) is 14.5. The van der Waals surface area contributed by atoms with Gasteiger partial charge < -0.3 is 5.11 Å². The van der Waals surface area contributed by atoms with Crippen molar-refractivity contribution in [2.75, 3.05) is 0 Å². The molecule has 1 N–H and O–H groups in total. The maximum atomic E-state index is 12.0. The Balaban J connectivity index is 1.97. The zero-order valence-electron chi connectivity index (χ0n) is 13.1. The molecule has 0 amide bonds. The number of fused-ring (bicyclic) bond motifs is 3. The number of rotatable bonds is 3. The first-order valence-electron chi connectivity index (χ1n) is 7.94. The van der Waals surface area contributed by atoms with Gasteiger partial charge in [-0.25, -0.2) is 4.79 Å². The highest BCUT2D eigenvalue weighted by Crippen LogP contribution is 2.30. The van der Waals surface area contributed by atoms with E-state index in [1.807, 2.05) is 78.9 Å². The zero-order chi connectivity index (χ0) is 16.5. The van der Waals surface area contributed by atoms with Gasteiger partial charge in [0, 0.05) is 0 Å². The van der Waals surface area contributed by atoms with Crippen LogP contribution >= 0.6 is 0 Å². The Morgan fingerprint density at radius 2 is 1.42 bits per heavy atom. The lowest BCUT2D eigenvalue weighted by molar-refractivity contribution is 0.0698. The summed E-state index contributed by atoms with van der Waals surface area (Å²) in [6.07, 6.45) is 0.616. The molecule has 0 aromatic heterocycles. The van der Waals surface area contributed by atoms with E-state index in [4.69, 9.17) is 0 Å². The topological polar surface area (TPSA) is 37.3 Å². The predicted octanol–water partition coefficient (Wildman–Crippen LogP) is 5.28. The van der Waals surface area contributed by atoms with Crippen LogP contribution in [0.2, 0.25) is 0 Å². The highest BCUT2D eigenvalue weighted by molar-refractivity contribution is 6.14. The van der Waals surface area contributed by atoms with Crippen molar-refractivity contribution in [2.24, 2.45) is 0 Å². The average Bonchev–Trinajstić information content (AvgIpc) is 2.61. The van der Waals surface area contributed by atoms with E-state index >= 15 is 0 Å². The molecule has 2 heteroatoms. The van der Waals surface area contributed by atoms with E-state index in [-0.39, 0.29) is 0 Å². The van der Waals surface area contributed by atoms with Crippen LogP contribution in [0.4, 0.5) is 0 Å². The second-order valence-electron chi connectivity index (χ2n) is 5.95. The molecule has 0 saturated heterocycles. The van der Waals surface area contributed by atoms with Crippen LogP contribution in [0.3, 0.4) is 0 Å². The predicted molar refractivity (Wildman–Crippen MR) is 97.7 cm³/mol. The molecule has 0 fully saturated rings. The van der Waals surface area contributed by atoms with E-state index in [1.165, 1.54) is 0 Å². The largest absolute Gasteiger partial charge is 0.478 e. The molecule has 0 bridgehead atoms. The molecule has 0 spiro atoms. The van der Waals surface area contributed by atoms with Crippen LogP contribution in [0.25, 0.3) is 21.5 Å². The van der Waals surface area contributed by atoms with E-state index in [2.05, 4.69) is 0 Å². The van der Waals surface area contributed by atoms with E-state index in [0.717, 1.165) is 32.7 Å². The van der Waals surface area contributed by atoms with Gasteiger partial charge in [-0.05, 0) is 39.1 Å². The van der Waals surface area contributed by atoms with Crippen molar-refractivity contribution in [3.05, 3.63) is 95.6 Å². The highest BCUT2D eigenvalue weighted by atomic mass is 16.4. The van der Waals surface area contributed by atoms with Crippen molar-refractivity contribution >= 4 is 27.5 Å². The summed E-state index contributed by atoms with van der Waals surface area (Å²) in [5, 5.41) is 13.8. The normalized spacial score (nSPS) is 11.0. The molecule has 0 aliphatic carbocycles. The van der Waals surface area contributed by atoms with Gasteiger partial charge in [0.05, 0.1) is 5.56 Å². The summed E-state index contributed by atoms with van der Waals surface area (Å²) in [7, 11) is 0. The quantitative estimate of drug-likeness (QED) is 0.522. The van der Waals surface area contributed by atoms with Crippen molar-refractivity contribution in [3.8, 4) is 0 Å². The Kier molecular flexibility index (Phi) is 3.51. The van der Waals surface area contributed by atoms with Gasteiger partial charge in [0.25, 0.3) is 0 Å². The molecule has 24 heavy (non-hydrogen) atoms. The van der Waals surface area contributed by atoms with Gasteiger partial charge in [-0.15, -0.1) is 0 Å². The molecule has 0 aliphatic rings. The standard InChI is InChI=1S/C22H16O2/c23-22(24)21-17(14-15-6-2-1-3-7-15)11-12-19-18-9-5-4-8-16(18)10-13-20(19)21/h1-13H,14H2,(H,23,24). The molecule has 0 radical (unpaired) electrons. The second-order valence-corrected chi connectivity index (χ2v) is 5.95. The molecule has 0 saturated carbocycles. The van der Waals surface area contributed by atoms with E-state index in [1.54, 1.807) is 0 Å². The molecule has 116 valence electrons. The van der Waals surface area contributed by atoms with E-state index < -0.39 is 5.97 Å². The molecule has 4 aromatic carbocycles. The summed E-state index contributed by atoms with van der Waals surface area (Å²) in [5.74, 6) is -0.873. The average molecular weight is 312 g/mol. The fourth-order valence-corrected chi connectivity index (χ4v) is 3.35. The molecule has 0 atom stereocenters. The van der Waals surface area contributed by atoms with E-state index in [0.29, 0.717) is 12.0 Å². The van der Waals surface area contributed by atoms with Crippen molar-refractivity contribution in [1.29, 1.82) is 0 Å². The third-order valence-electron chi connectivity index (χ3n) is 4.46. The summed E-state index contributed by atoms with van der Waals surface area (Å²) in [5.41, 5.74) is 2.36. The van der Waals surface area contributed by atoms with Gasteiger partial charge in [0.1, 0.15) is 0 Å². The van der Waals surface area contributed by atoms with Gasteiger partial charge in [0.2, 0.25) is 0 Å². The van der Waals surface area contributed by atoms with Gasteiger partial charge in [0.15, 0.2) is 0 Å². The molecule has 4 aromatic rings. The molecule has 0 unspecified atom stereocenters. The number of benzene rings is 4. The number of hydrogen-bond acceptors (Lipinski definition) is 1. The Morgan fingerprint density at radius 1 is 0.708 bits per heavy atom. The smallest absolute Gasteiger partial charge is 0.336 e. The Labute approximate surface area is 140 Å². The molecule has 0 aliphatic heterocycles. The summed E-state index contributed by atoms with van der Waals surface area (Å²) < 4.78 is 0. The van der Waals surface area contributed by atoms with Crippen LogP contribution in [0.5, 0.6) is 0 Å². The molecular formula is C22H16O2. The molecular weight excluding hydrogens is 296 g/mol. The number of aromatic carboxylic acids is 1. The summed E-state index contributed by atoms with van der Waals surface area (Å²) >= 11 is 0. The number of carboxylic acid groups (broad SMARTS) is 1. The van der Waals surface area contributed by atoms with Crippen LogP contribution < -0.4 is 0 Å². The van der Waals surface area contributed by atoms with Crippen molar-refractivity contribution in [3.63, 3.8) is 0 Å². The fraction of sp³-hybridized carbons (Fsp3) is 0.0455. The molecule has 4 rings (SSSR count). The minimum Gasteiger partial charge on any atom is -0.478 e. The maximum Gasteiger partial charge on any atom is 0.336 e. The number of carbonyl (C=O) groups is 1. The monoisotopic (exact) mass is 312 g/mol. The Bertz CT molecular complexity index is 1050. The van der Waals surface area contributed by atoms with Crippen LogP contribution in [0.15, 0.2) is 78.9 Å². The maximum absolute atomic E-state index is 12.0. The second kappa shape index (κ2) is 5.82. The summed E-state index contributed by atoms with van der Waals surface area (Å²) in [6, 6.07) is 26.0. The Morgan fingerprint density at radius 3 is 2.21 bits per heavy atom. The molecule has 2 nitrogen and oxygen atoms in total. The van der Waals surface area contributed by atoms with Crippen LogP contribution in [0, 0.1) is 0 Å². The summed E-state index contributed by atoms with van der Waals surface area (Å²) in [6.45, 7) is 0. The van der Waals surface area contributed by atoms with Crippen molar-refractivity contribution < 1.29 is 9.90 Å². The van der Waals surface area contributed by atoms with Crippen molar-refractivity contribution in [2.45, 2.75) is 6.42 Å². The van der Waals surface area contributed by atoms with Crippen molar-refractivity contribution in [1.82, 2.24) is 0 Å².